The molecule has 0 aliphatic heterocycles. The molecule has 0 bridgehead atoms. The van der Waals surface area contributed by atoms with Crippen molar-refractivity contribution in [3.63, 3.8) is 0 Å². The van der Waals surface area contributed by atoms with Gasteiger partial charge >= 0.3 is 0 Å². The van der Waals surface area contributed by atoms with Crippen LogP contribution in [0.5, 0.6) is 0 Å². The normalized spacial score (nSPS) is 18.9. The molecule has 0 aliphatic carbocycles. The third-order valence-corrected chi connectivity index (χ3v) is 1.07. The van der Waals surface area contributed by atoms with Crippen LogP contribution in [0.15, 0.2) is 0 Å². The van der Waals surface area contributed by atoms with Crippen molar-refractivity contribution < 1.29 is 9.50 Å². The van der Waals surface area contributed by atoms with Crippen molar-refractivity contribution in [1.82, 2.24) is 0 Å². The third-order valence-electron chi connectivity index (χ3n) is 1.07. The smallest absolute Gasteiger partial charge is 0.130 e. The number of hydrogen-bond donors (Lipinski definition) is 1. The highest BCUT2D eigenvalue weighted by Crippen LogP contribution is 2.11. The molecule has 0 saturated carbocycles. The minimum atomic E-state index is -1.36. The summed E-state index contributed by atoms with van der Waals surface area (Å²) in [7, 11) is 0. The zero-order chi connectivity index (χ0) is 5.91. The van der Waals surface area contributed by atoms with E-state index in [-0.39, 0.29) is 6.61 Å². The van der Waals surface area contributed by atoms with Gasteiger partial charge in [-0.1, -0.05) is 6.92 Å². The Morgan fingerprint density at radius 1 is 1.71 bits per heavy atom. The summed E-state index contributed by atoms with van der Waals surface area (Å²) in [5, 5.41) is 8.22. The molecule has 0 radical (unpaired) electrons. The molecule has 0 heterocycles. The first-order valence-corrected chi connectivity index (χ1v) is 2.42. The van der Waals surface area contributed by atoms with Crippen LogP contribution in [-0.2, 0) is 0 Å². The molecular formula is C5H11FO. The molecule has 0 fully saturated rings. The summed E-state index contributed by atoms with van der Waals surface area (Å²) >= 11 is 0. The number of rotatable bonds is 2. The summed E-state index contributed by atoms with van der Waals surface area (Å²) in [6, 6.07) is 0. The first kappa shape index (κ1) is 6.89. The average molecular weight is 106 g/mol. The third kappa shape index (κ3) is 2.57. The Bertz CT molecular complexity index is 46.0. The SMILES string of the molecule is CC[C@@](C)(F)CO. The van der Waals surface area contributed by atoms with Crippen molar-refractivity contribution in [3.05, 3.63) is 0 Å². The van der Waals surface area contributed by atoms with E-state index in [1.165, 1.54) is 6.92 Å². The zero-order valence-corrected chi connectivity index (χ0v) is 4.74. The lowest BCUT2D eigenvalue weighted by atomic mass is 10.1. The van der Waals surface area contributed by atoms with E-state index in [4.69, 9.17) is 5.11 Å². The van der Waals surface area contributed by atoms with Gasteiger partial charge < -0.3 is 5.11 Å². The molecule has 1 N–H and O–H groups in total. The van der Waals surface area contributed by atoms with Crippen LogP contribution in [0.3, 0.4) is 0 Å². The summed E-state index contributed by atoms with van der Waals surface area (Å²) in [4.78, 5) is 0. The number of hydrogen-bond acceptors (Lipinski definition) is 1. The van der Waals surface area contributed by atoms with Crippen LogP contribution in [0.25, 0.3) is 0 Å². The van der Waals surface area contributed by atoms with Gasteiger partial charge in [-0.3, -0.25) is 0 Å². The number of alkyl halides is 1. The lowest BCUT2D eigenvalue weighted by Crippen LogP contribution is -2.20. The fourth-order valence-electron chi connectivity index (χ4n) is 0.112. The zero-order valence-electron chi connectivity index (χ0n) is 4.74. The molecule has 0 aromatic rings. The summed E-state index contributed by atoms with van der Waals surface area (Å²) < 4.78 is 12.3. The summed E-state index contributed by atoms with van der Waals surface area (Å²) in [5.74, 6) is 0. The molecule has 7 heavy (non-hydrogen) atoms. The fourth-order valence-corrected chi connectivity index (χ4v) is 0.112. The molecule has 2 heteroatoms. The lowest BCUT2D eigenvalue weighted by Gasteiger charge is -2.12. The first-order valence-electron chi connectivity index (χ1n) is 2.42. The van der Waals surface area contributed by atoms with Crippen LogP contribution in [0.4, 0.5) is 4.39 Å². The summed E-state index contributed by atoms with van der Waals surface area (Å²) in [6.07, 6.45) is 0.378. The Kier molecular flexibility index (Phi) is 2.23. The minimum Gasteiger partial charge on any atom is -0.393 e. The molecule has 0 rings (SSSR count). The number of aliphatic hydroxyl groups excluding tert-OH is 1. The lowest BCUT2D eigenvalue weighted by molar-refractivity contribution is 0.0846. The van der Waals surface area contributed by atoms with Crippen LogP contribution in [0.2, 0.25) is 0 Å². The second-order valence-electron chi connectivity index (χ2n) is 1.93. The predicted molar refractivity (Wildman–Crippen MR) is 26.9 cm³/mol. The summed E-state index contributed by atoms with van der Waals surface area (Å²) in [5.41, 5.74) is -1.36. The van der Waals surface area contributed by atoms with Crippen LogP contribution >= 0.6 is 0 Å². The monoisotopic (exact) mass is 106 g/mol. The van der Waals surface area contributed by atoms with Crippen molar-refractivity contribution in [2.75, 3.05) is 6.61 Å². The van der Waals surface area contributed by atoms with Gasteiger partial charge in [0.1, 0.15) is 5.67 Å². The van der Waals surface area contributed by atoms with Crippen molar-refractivity contribution in [2.45, 2.75) is 25.9 Å². The highest BCUT2D eigenvalue weighted by Gasteiger charge is 2.17. The molecule has 0 amide bonds. The van der Waals surface area contributed by atoms with E-state index in [2.05, 4.69) is 0 Å². The van der Waals surface area contributed by atoms with Gasteiger partial charge in [0, 0.05) is 0 Å². The van der Waals surface area contributed by atoms with Crippen LogP contribution in [0.1, 0.15) is 20.3 Å². The van der Waals surface area contributed by atoms with Crippen LogP contribution in [0, 0.1) is 0 Å². The molecular weight excluding hydrogens is 95.1 g/mol. The molecule has 44 valence electrons. The standard InChI is InChI=1S/C5H11FO/c1-3-5(2,6)4-7/h7H,3-4H2,1-2H3/t5-/m1/s1. The molecule has 0 aromatic heterocycles. The van der Waals surface area contributed by atoms with Gasteiger partial charge in [-0.05, 0) is 13.3 Å². The highest BCUT2D eigenvalue weighted by atomic mass is 19.1. The molecule has 0 aromatic carbocycles. The fraction of sp³-hybridized carbons (Fsp3) is 1.00. The van der Waals surface area contributed by atoms with Crippen molar-refractivity contribution in [1.29, 1.82) is 0 Å². The second-order valence-corrected chi connectivity index (χ2v) is 1.93. The molecule has 0 aliphatic rings. The maximum absolute atomic E-state index is 12.3. The van der Waals surface area contributed by atoms with Gasteiger partial charge in [0.15, 0.2) is 0 Å². The molecule has 1 atom stereocenters. The minimum absolute atomic E-state index is 0.372. The van der Waals surface area contributed by atoms with Crippen LogP contribution < -0.4 is 0 Å². The Morgan fingerprint density at radius 3 is 2.14 bits per heavy atom. The Balaban J connectivity index is 3.36. The number of halogens is 1. The van der Waals surface area contributed by atoms with Gasteiger partial charge in [0.2, 0.25) is 0 Å². The van der Waals surface area contributed by atoms with E-state index in [1.54, 1.807) is 6.92 Å². The maximum Gasteiger partial charge on any atom is 0.130 e. The summed E-state index contributed by atoms with van der Waals surface area (Å²) in [6.45, 7) is 2.72. The molecule has 0 spiro atoms. The van der Waals surface area contributed by atoms with E-state index in [0.29, 0.717) is 6.42 Å². The number of aliphatic hydroxyl groups is 1. The van der Waals surface area contributed by atoms with Gasteiger partial charge in [0.05, 0.1) is 6.61 Å². The maximum atomic E-state index is 12.3. The van der Waals surface area contributed by atoms with E-state index in [9.17, 15) is 4.39 Å². The Hall–Kier alpha value is -0.110. The van der Waals surface area contributed by atoms with E-state index >= 15 is 0 Å². The first-order chi connectivity index (χ1) is 3.12. The largest absolute Gasteiger partial charge is 0.393 e. The van der Waals surface area contributed by atoms with Gasteiger partial charge in [-0.2, -0.15) is 0 Å². The molecule has 1 nitrogen and oxygen atoms in total. The van der Waals surface area contributed by atoms with E-state index < -0.39 is 5.67 Å². The molecule has 0 unspecified atom stereocenters. The van der Waals surface area contributed by atoms with Crippen molar-refractivity contribution >= 4 is 0 Å². The van der Waals surface area contributed by atoms with Crippen LogP contribution in [-0.4, -0.2) is 17.4 Å². The average Bonchev–Trinajstić information content (AvgIpc) is 1.68. The quantitative estimate of drug-likeness (QED) is 0.559. The Labute approximate surface area is 43.2 Å². The molecule has 0 saturated heterocycles. The second kappa shape index (κ2) is 2.26. The Morgan fingerprint density at radius 2 is 2.14 bits per heavy atom. The topological polar surface area (TPSA) is 20.2 Å². The van der Waals surface area contributed by atoms with Crippen molar-refractivity contribution in [3.8, 4) is 0 Å². The van der Waals surface area contributed by atoms with E-state index in [1.807, 2.05) is 0 Å². The van der Waals surface area contributed by atoms with E-state index in [0.717, 1.165) is 0 Å². The van der Waals surface area contributed by atoms with Gasteiger partial charge in [-0.15, -0.1) is 0 Å². The van der Waals surface area contributed by atoms with Gasteiger partial charge in [0.25, 0.3) is 0 Å². The van der Waals surface area contributed by atoms with Crippen molar-refractivity contribution in [2.24, 2.45) is 0 Å². The van der Waals surface area contributed by atoms with Gasteiger partial charge in [-0.25, -0.2) is 4.39 Å². The predicted octanol–water partition coefficient (Wildman–Crippen LogP) is 1.12. The highest BCUT2D eigenvalue weighted by molar-refractivity contribution is 4.67.